The number of ketones is 1. The summed E-state index contributed by atoms with van der Waals surface area (Å²) in [5.41, 5.74) is 1.32. The molecule has 3 N–H and O–H groups in total. The largest absolute Gasteiger partial charge is 0.496 e. The number of rotatable bonds is 6. The molecule has 0 radical (unpaired) electrons. The van der Waals surface area contributed by atoms with Crippen LogP contribution in [0.4, 0.5) is 5.69 Å². The van der Waals surface area contributed by atoms with Crippen molar-refractivity contribution in [2.45, 2.75) is 18.4 Å². The Morgan fingerprint density at radius 3 is 2.54 bits per heavy atom. The monoisotopic (exact) mass is 368 g/mol. The standard InChI is InChI=1S/C16H17ClN2O4S/c1-10(20)11-3-5-14(16(8-11)24(18,21)22)19-9-12-7-13(17)4-6-15(12)23-2/h3-8,19H,9H2,1-2H3,(H2,18,21,22). The van der Waals surface area contributed by atoms with Crippen molar-refractivity contribution in [2.24, 2.45) is 5.14 Å². The fraction of sp³-hybridized carbons (Fsp3) is 0.188. The van der Waals surface area contributed by atoms with Crippen LogP contribution in [-0.4, -0.2) is 21.3 Å². The summed E-state index contributed by atoms with van der Waals surface area (Å²) >= 11 is 5.98. The Hall–Kier alpha value is -2.09. The fourth-order valence-electron chi connectivity index (χ4n) is 2.20. The lowest BCUT2D eigenvalue weighted by Gasteiger charge is -2.14. The van der Waals surface area contributed by atoms with Crippen LogP contribution in [0.25, 0.3) is 0 Å². The highest BCUT2D eigenvalue weighted by atomic mass is 35.5. The number of nitrogens with one attached hydrogen (secondary N) is 1. The van der Waals surface area contributed by atoms with E-state index in [-0.39, 0.29) is 22.8 Å². The molecule has 0 saturated carbocycles. The van der Waals surface area contributed by atoms with E-state index in [1.165, 1.54) is 32.2 Å². The van der Waals surface area contributed by atoms with Crippen LogP contribution in [0.5, 0.6) is 5.75 Å². The summed E-state index contributed by atoms with van der Waals surface area (Å²) in [4.78, 5) is 11.3. The Labute approximate surface area is 145 Å². The van der Waals surface area contributed by atoms with Crippen LogP contribution in [0.1, 0.15) is 22.8 Å². The highest BCUT2D eigenvalue weighted by Crippen LogP contribution is 2.26. The van der Waals surface area contributed by atoms with Gasteiger partial charge in [-0.1, -0.05) is 11.6 Å². The number of sulfonamides is 1. The quantitative estimate of drug-likeness (QED) is 0.764. The molecule has 0 bridgehead atoms. The third kappa shape index (κ3) is 4.25. The Morgan fingerprint density at radius 2 is 1.96 bits per heavy atom. The van der Waals surface area contributed by atoms with Crippen molar-refractivity contribution in [3.8, 4) is 5.75 Å². The molecule has 0 aliphatic heterocycles. The van der Waals surface area contributed by atoms with Gasteiger partial charge in [-0.2, -0.15) is 0 Å². The smallest absolute Gasteiger partial charge is 0.240 e. The van der Waals surface area contributed by atoms with E-state index < -0.39 is 10.0 Å². The first-order valence-corrected chi connectivity index (χ1v) is 8.89. The van der Waals surface area contributed by atoms with Gasteiger partial charge in [0, 0.05) is 22.7 Å². The summed E-state index contributed by atoms with van der Waals surface area (Å²) in [5.74, 6) is 0.368. The summed E-state index contributed by atoms with van der Waals surface area (Å²) in [6.07, 6.45) is 0. The SMILES string of the molecule is COc1ccc(Cl)cc1CNc1ccc(C(C)=O)cc1S(N)(=O)=O. The van der Waals surface area contributed by atoms with Gasteiger partial charge in [-0.15, -0.1) is 0 Å². The number of anilines is 1. The Kier molecular flexibility index (Phi) is 5.48. The van der Waals surface area contributed by atoms with Crippen LogP contribution < -0.4 is 15.2 Å². The molecule has 0 amide bonds. The second kappa shape index (κ2) is 7.21. The molecule has 0 spiro atoms. The van der Waals surface area contributed by atoms with Crippen LogP contribution >= 0.6 is 11.6 Å². The average Bonchev–Trinajstić information content (AvgIpc) is 2.52. The lowest BCUT2D eigenvalue weighted by Crippen LogP contribution is -2.16. The van der Waals surface area contributed by atoms with Gasteiger partial charge in [-0.25, -0.2) is 13.6 Å². The van der Waals surface area contributed by atoms with E-state index in [0.29, 0.717) is 16.5 Å². The maximum Gasteiger partial charge on any atom is 0.240 e. The first-order chi connectivity index (χ1) is 11.2. The second-order valence-corrected chi connectivity index (χ2v) is 7.09. The van der Waals surface area contributed by atoms with Crippen molar-refractivity contribution in [1.82, 2.24) is 0 Å². The number of hydrogen-bond donors (Lipinski definition) is 2. The Morgan fingerprint density at radius 1 is 1.25 bits per heavy atom. The number of methoxy groups -OCH3 is 1. The molecule has 0 unspecified atom stereocenters. The second-order valence-electron chi connectivity index (χ2n) is 5.12. The molecule has 2 rings (SSSR count). The number of ether oxygens (including phenoxy) is 1. The highest BCUT2D eigenvalue weighted by Gasteiger charge is 2.16. The van der Waals surface area contributed by atoms with Crippen LogP contribution in [0.15, 0.2) is 41.3 Å². The van der Waals surface area contributed by atoms with Crippen molar-refractivity contribution < 1.29 is 17.9 Å². The van der Waals surface area contributed by atoms with E-state index >= 15 is 0 Å². The van der Waals surface area contributed by atoms with Gasteiger partial charge in [0.15, 0.2) is 5.78 Å². The van der Waals surface area contributed by atoms with Gasteiger partial charge in [-0.3, -0.25) is 4.79 Å². The minimum atomic E-state index is -3.99. The van der Waals surface area contributed by atoms with E-state index in [2.05, 4.69) is 5.32 Å². The topological polar surface area (TPSA) is 98.5 Å². The average molecular weight is 369 g/mol. The molecule has 24 heavy (non-hydrogen) atoms. The first kappa shape index (κ1) is 18.3. The van der Waals surface area contributed by atoms with E-state index in [4.69, 9.17) is 21.5 Å². The van der Waals surface area contributed by atoms with Crippen molar-refractivity contribution >= 4 is 33.1 Å². The summed E-state index contributed by atoms with van der Waals surface area (Å²) in [6.45, 7) is 1.62. The van der Waals surface area contributed by atoms with Crippen molar-refractivity contribution in [1.29, 1.82) is 0 Å². The molecular formula is C16H17ClN2O4S. The highest BCUT2D eigenvalue weighted by molar-refractivity contribution is 7.89. The molecule has 0 aliphatic carbocycles. The van der Waals surface area contributed by atoms with Gasteiger partial charge < -0.3 is 10.1 Å². The van der Waals surface area contributed by atoms with Crippen LogP contribution in [0.2, 0.25) is 5.02 Å². The first-order valence-electron chi connectivity index (χ1n) is 6.96. The summed E-state index contributed by atoms with van der Waals surface area (Å²) < 4.78 is 28.8. The normalized spacial score (nSPS) is 11.2. The fourth-order valence-corrected chi connectivity index (χ4v) is 3.13. The molecule has 128 valence electrons. The Bertz CT molecular complexity index is 882. The number of benzene rings is 2. The third-order valence-electron chi connectivity index (χ3n) is 3.41. The summed E-state index contributed by atoms with van der Waals surface area (Å²) in [5, 5.41) is 8.78. The summed E-state index contributed by atoms with van der Waals surface area (Å²) in [7, 11) is -2.46. The third-order valence-corrected chi connectivity index (χ3v) is 4.59. The molecule has 6 nitrogen and oxygen atoms in total. The van der Waals surface area contributed by atoms with E-state index in [1.54, 1.807) is 18.2 Å². The number of carbonyl (C=O) groups is 1. The number of halogens is 1. The maximum atomic E-state index is 11.8. The predicted molar refractivity (Wildman–Crippen MR) is 93.2 cm³/mol. The number of Topliss-reactive ketones (excluding diaryl/α,β-unsaturated/α-hetero) is 1. The van der Waals surface area contributed by atoms with E-state index in [1.807, 2.05) is 0 Å². The van der Waals surface area contributed by atoms with Gasteiger partial charge in [0.25, 0.3) is 0 Å². The van der Waals surface area contributed by atoms with Gasteiger partial charge in [0.2, 0.25) is 10.0 Å². The van der Waals surface area contributed by atoms with Crippen LogP contribution in [-0.2, 0) is 16.6 Å². The van der Waals surface area contributed by atoms with Crippen molar-refractivity contribution in [3.63, 3.8) is 0 Å². The van der Waals surface area contributed by atoms with E-state index in [0.717, 1.165) is 5.56 Å². The number of nitrogens with two attached hydrogens (primary N) is 1. The zero-order chi connectivity index (χ0) is 17.9. The number of hydrogen-bond acceptors (Lipinski definition) is 5. The minimum Gasteiger partial charge on any atom is -0.496 e. The molecule has 2 aromatic rings. The van der Waals surface area contributed by atoms with E-state index in [9.17, 15) is 13.2 Å². The molecule has 0 aromatic heterocycles. The molecule has 0 saturated heterocycles. The number of carbonyl (C=O) groups excluding carboxylic acids is 1. The van der Waals surface area contributed by atoms with Crippen LogP contribution in [0.3, 0.4) is 0 Å². The molecular weight excluding hydrogens is 352 g/mol. The van der Waals surface area contributed by atoms with Crippen molar-refractivity contribution in [3.05, 3.63) is 52.5 Å². The van der Waals surface area contributed by atoms with Gasteiger partial charge in [-0.05, 0) is 43.3 Å². The molecule has 0 aliphatic rings. The summed E-state index contributed by atoms with van der Waals surface area (Å²) in [6, 6.07) is 9.44. The Balaban J connectivity index is 2.37. The molecule has 8 heteroatoms. The molecule has 2 aromatic carbocycles. The zero-order valence-corrected chi connectivity index (χ0v) is 14.7. The van der Waals surface area contributed by atoms with Gasteiger partial charge >= 0.3 is 0 Å². The number of primary sulfonamides is 1. The van der Waals surface area contributed by atoms with Crippen LogP contribution in [0, 0.1) is 0 Å². The maximum absolute atomic E-state index is 11.8. The minimum absolute atomic E-state index is 0.142. The van der Waals surface area contributed by atoms with Gasteiger partial charge in [0.05, 0.1) is 12.8 Å². The molecule has 0 atom stereocenters. The molecule has 0 heterocycles. The predicted octanol–water partition coefficient (Wildman–Crippen LogP) is 2.81. The molecule has 0 fully saturated rings. The zero-order valence-electron chi connectivity index (χ0n) is 13.2. The lowest BCUT2D eigenvalue weighted by atomic mass is 10.1. The van der Waals surface area contributed by atoms with Crippen molar-refractivity contribution in [2.75, 3.05) is 12.4 Å². The van der Waals surface area contributed by atoms with Gasteiger partial charge in [0.1, 0.15) is 10.6 Å². The lowest BCUT2D eigenvalue weighted by molar-refractivity contribution is 0.101.